The van der Waals surface area contributed by atoms with E-state index in [4.69, 9.17) is 11.6 Å². The van der Waals surface area contributed by atoms with Gasteiger partial charge in [0.1, 0.15) is 0 Å². The SMILES string of the molecule is CC1(C)CC(NC(=O)c2nccc(Cl)c2O)CC(C)(C)C1. The van der Waals surface area contributed by atoms with Crippen LogP contribution in [0.3, 0.4) is 0 Å². The van der Waals surface area contributed by atoms with Gasteiger partial charge in [0.25, 0.3) is 5.91 Å². The molecule has 1 aliphatic rings. The Labute approximate surface area is 130 Å². The number of aromatic nitrogens is 1. The molecule has 1 saturated carbocycles. The first kappa shape index (κ1) is 16.1. The highest BCUT2D eigenvalue weighted by atomic mass is 35.5. The van der Waals surface area contributed by atoms with Crippen molar-refractivity contribution in [3.05, 3.63) is 23.0 Å². The van der Waals surface area contributed by atoms with Crippen molar-refractivity contribution >= 4 is 17.5 Å². The maximum absolute atomic E-state index is 12.3. The Balaban J connectivity index is 2.14. The highest BCUT2D eigenvalue weighted by Gasteiger charge is 2.39. The summed E-state index contributed by atoms with van der Waals surface area (Å²) in [6.07, 6.45) is 4.39. The van der Waals surface area contributed by atoms with E-state index in [-0.39, 0.29) is 39.2 Å². The van der Waals surface area contributed by atoms with E-state index in [1.54, 1.807) is 0 Å². The quantitative estimate of drug-likeness (QED) is 0.874. The Bertz CT molecular complexity index is 539. The maximum Gasteiger partial charge on any atom is 0.274 e. The molecule has 0 unspecified atom stereocenters. The first-order valence-electron chi connectivity index (χ1n) is 7.24. The molecule has 1 aromatic heterocycles. The Morgan fingerprint density at radius 3 is 2.48 bits per heavy atom. The molecule has 21 heavy (non-hydrogen) atoms. The molecular weight excluding hydrogens is 288 g/mol. The summed E-state index contributed by atoms with van der Waals surface area (Å²) in [6.45, 7) is 8.90. The lowest BCUT2D eigenvalue weighted by Gasteiger charge is -2.45. The van der Waals surface area contributed by atoms with Gasteiger partial charge in [-0.05, 0) is 36.2 Å². The zero-order valence-electron chi connectivity index (χ0n) is 13.0. The van der Waals surface area contributed by atoms with E-state index in [0.29, 0.717) is 0 Å². The van der Waals surface area contributed by atoms with Gasteiger partial charge in [0.2, 0.25) is 0 Å². The number of nitrogens with one attached hydrogen (secondary N) is 1. The number of carbonyl (C=O) groups is 1. The number of carbonyl (C=O) groups excluding carboxylic acids is 1. The van der Waals surface area contributed by atoms with Gasteiger partial charge < -0.3 is 10.4 Å². The average molecular weight is 311 g/mol. The van der Waals surface area contributed by atoms with Gasteiger partial charge in [-0.15, -0.1) is 0 Å². The molecule has 0 aromatic carbocycles. The summed E-state index contributed by atoms with van der Waals surface area (Å²) in [6, 6.07) is 1.54. The molecule has 0 saturated heterocycles. The number of hydrogen-bond donors (Lipinski definition) is 2. The topological polar surface area (TPSA) is 62.2 Å². The van der Waals surface area contributed by atoms with E-state index < -0.39 is 0 Å². The number of aromatic hydroxyl groups is 1. The van der Waals surface area contributed by atoms with Crippen LogP contribution in [0.15, 0.2) is 12.3 Å². The van der Waals surface area contributed by atoms with Crippen LogP contribution in [0.5, 0.6) is 5.75 Å². The Morgan fingerprint density at radius 1 is 1.33 bits per heavy atom. The van der Waals surface area contributed by atoms with Crippen molar-refractivity contribution in [1.82, 2.24) is 10.3 Å². The van der Waals surface area contributed by atoms with Gasteiger partial charge in [-0.1, -0.05) is 39.3 Å². The highest BCUT2D eigenvalue weighted by molar-refractivity contribution is 6.32. The summed E-state index contributed by atoms with van der Waals surface area (Å²) < 4.78 is 0. The lowest BCUT2D eigenvalue weighted by atomic mass is 9.63. The van der Waals surface area contributed by atoms with Crippen LogP contribution in [0.25, 0.3) is 0 Å². The molecule has 0 bridgehead atoms. The summed E-state index contributed by atoms with van der Waals surface area (Å²) in [5.41, 5.74) is 0.358. The molecule has 0 aliphatic heterocycles. The van der Waals surface area contributed by atoms with Gasteiger partial charge >= 0.3 is 0 Å². The number of nitrogens with zero attached hydrogens (tertiary/aromatic N) is 1. The van der Waals surface area contributed by atoms with Gasteiger partial charge in [-0.2, -0.15) is 0 Å². The number of rotatable bonds is 2. The van der Waals surface area contributed by atoms with Gasteiger partial charge in [0.15, 0.2) is 11.4 Å². The van der Waals surface area contributed by atoms with Crippen molar-refractivity contribution in [3.63, 3.8) is 0 Å². The van der Waals surface area contributed by atoms with Crippen LogP contribution < -0.4 is 5.32 Å². The summed E-state index contributed by atoms with van der Waals surface area (Å²) in [7, 11) is 0. The number of amides is 1. The molecule has 1 amide bonds. The minimum Gasteiger partial charge on any atom is -0.504 e. The minimum atomic E-state index is -0.367. The van der Waals surface area contributed by atoms with E-state index in [1.807, 2.05) is 0 Å². The van der Waals surface area contributed by atoms with E-state index in [9.17, 15) is 9.90 Å². The molecule has 0 spiro atoms. The standard InChI is InChI=1S/C16H23ClN2O2/c1-15(2)7-10(8-16(3,4)9-15)19-14(21)12-13(20)11(17)5-6-18-12/h5-6,10,20H,7-9H2,1-4H3,(H,19,21). The lowest BCUT2D eigenvalue weighted by molar-refractivity contribution is 0.0709. The van der Waals surface area contributed by atoms with Crippen LogP contribution in [-0.4, -0.2) is 22.0 Å². The van der Waals surface area contributed by atoms with Gasteiger partial charge in [-0.25, -0.2) is 4.98 Å². The van der Waals surface area contributed by atoms with E-state index in [0.717, 1.165) is 19.3 Å². The molecule has 4 nitrogen and oxygen atoms in total. The molecule has 2 N–H and O–H groups in total. The molecule has 116 valence electrons. The van der Waals surface area contributed by atoms with Crippen LogP contribution in [0.1, 0.15) is 57.4 Å². The van der Waals surface area contributed by atoms with Gasteiger partial charge in [-0.3, -0.25) is 4.79 Å². The van der Waals surface area contributed by atoms with Crippen molar-refractivity contribution in [3.8, 4) is 5.75 Å². The number of pyridine rings is 1. The smallest absolute Gasteiger partial charge is 0.274 e. The lowest BCUT2D eigenvalue weighted by Crippen LogP contribution is -2.46. The average Bonchev–Trinajstić information content (AvgIpc) is 2.28. The predicted molar refractivity (Wildman–Crippen MR) is 83.6 cm³/mol. The summed E-state index contributed by atoms with van der Waals surface area (Å²) in [5.74, 6) is -0.625. The Morgan fingerprint density at radius 2 is 1.90 bits per heavy atom. The third-order valence-corrected chi connectivity index (χ3v) is 4.29. The fraction of sp³-hybridized carbons (Fsp3) is 0.625. The summed E-state index contributed by atoms with van der Waals surface area (Å²) in [4.78, 5) is 16.2. The zero-order chi connectivity index (χ0) is 15.8. The second kappa shape index (κ2) is 5.48. The van der Waals surface area contributed by atoms with Crippen LogP contribution in [0.4, 0.5) is 0 Å². The first-order chi connectivity index (χ1) is 9.60. The third-order valence-electron chi connectivity index (χ3n) is 3.98. The first-order valence-corrected chi connectivity index (χ1v) is 7.62. The largest absolute Gasteiger partial charge is 0.504 e. The predicted octanol–water partition coefficient (Wildman–Crippen LogP) is 3.78. The molecule has 1 fully saturated rings. The van der Waals surface area contributed by atoms with E-state index in [1.165, 1.54) is 12.3 Å². The van der Waals surface area contributed by atoms with Gasteiger partial charge in [0, 0.05) is 12.2 Å². The summed E-state index contributed by atoms with van der Waals surface area (Å²) in [5, 5.41) is 13.0. The normalized spacial score (nSPS) is 21.0. The van der Waals surface area contributed by atoms with Crippen LogP contribution >= 0.6 is 11.6 Å². The maximum atomic E-state index is 12.3. The second-order valence-corrected chi connectivity index (χ2v) is 7.98. The van der Waals surface area contributed by atoms with Gasteiger partial charge in [0.05, 0.1) is 5.02 Å². The fourth-order valence-corrected chi connectivity index (χ4v) is 3.94. The van der Waals surface area contributed by atoms with Crippen LogP contribution in [-0.2, 0) is 0 Å². The number of hydrogen-bond acceptors (Lipinski definition) is 3. The molecular formula is C16H23ClN2O2. The fourth-order valence-electron chi connectivity index (χ4n) is 3.80. The van der Waals surface area contributed by atoms with Crippen molar-refractivity contribution in [1.29, 1.82) is 0 Å². The molecule has 0 atom stereocenters. The zero-order valence-corrected chi connectivity index (χ0v) is 13.8. The molecule has 1 aromatic rings. The second-order valence-electron chi connectivity index (χ2n) is 7.57. The Kier molecular flexibility index (Phi) is 4.20. The summed E-state index contributed by atoms with van der Waals surface area (Å²) >= 11 is 5.82. The van der Waals surface area contributed by atoms with Crippen molar-refractivity contribution in [2.45, 2.75) is 53.0 Å². The Hall–Kier alpha value is -1.29. The van der Waals surface area contributed by atoms with Crippen LogP contribution in [0, 0.1) is 10.8 Å². The van der Waals surface area contributed by atoms with E-state index in [2.05, 4.69) is 38.0 Å². The van der Waals surface area contributed by atoms with Crippen molar-refractivity contribution in [2.24, 2.45) is 10.8 Å². The van der Waals surface area contributed by atoms with Crippen molar-refractivity contribution < 1.29 is 9.90 Å². The van der Waals surface area contributed by atoms with E-state index >= 15 is 0 Å². The number of halogens is 1. The van der Waals surface area contributed by atoms with Crippen molar-refractivity contribution in [2.75, 3.05) is 0 Å². The minimum absolute atomic E-state index is 0.0105. The molecule has 1 aliphatic carbocycles. The molecule has 1 heterocycles. The monoisotopic (exact) mass is 310 g/mol. The third kappa shape index (κ3) is 3.88. The highest BCUT2D eigenvalue weighted by Crippen LogP contribution is 2.45. The molecule has 0 radical (unpaired) electrons. The molecule has 5 heteroatoms. The molecule has 2 rings (SSSR count). The van der Waals surface area contributed by atoms with Crippen LogP contribution in [0.2, 0.25) is 5.02 Å².